The van der Waals surface area contributed by atoms with E-state index in [1.807, 2.05) is 6.07 Å². The fourth-order valence-corrected chi connectivity index (χ4v) is 1.26. The minimum absolute atomic E-state index is 0.0297. The number of aliphatic carboxylic acids is 1. The van der Waals surface area contributed by atoms with Gasteiger partial charge >= 0.3 is 5.97 Å². The predicted octanol–water partition coefficient (Wildman–Crippen LogP) is 0.794. The third kappa shape index (κ3) is 3.71. The number of aromatic nitrogens is 1. The van der Waals surface area contributed by atoms with E-state index < -0.39 is 10.9 Å². The molecule has 0 aliphatic carbocycles. The van der Waals surface area contributed by atoms with Crippen LogP contribution >= 0.6 is 0 Å². The van der Waals surface area contributed by atoms with Crippen LogP contribution in [0.1, 0.15) is 6.42 Å². The highest BCUT2D eigenvalue weighted by molar-refractivity contribution is 5.67. The molecule has 1 aromatic heterocycles. The third-order valence-corrected chi connectivity index (χ3v) is 2.12. The molecule has 0 unspecified atom stereocenters. The number of hydrogen-bond acceptors (Lipinski definition) is 6. The Morgan fingerprint density at radius 2 is 2.33 bits per heavy atom. The van der Waals surface area contributed by atoms with Crippen LogP contribution < -0.4 is 4.90 Å². The van der Waals surface area contributed by atoms with Crippen LogP contribution in [-0.2, 0) is 4.79 Å². The minimum atomic E-state index is -0.986. The Bertz CT molecular complexity index is 480. The van der Waals surface area contributed by atoms with Crippen molar-refractivity contribution in [1.29, 1.82) is 5.26 Å². The van der Waals surface area contributed by atoms with Crippen LogP contribution in [0.3, 0.4) is 0 Å². The summed E-state index contributed by atoms with van der Waals surface area (Å²) in [5.74, 6) is -0.650. The minimum Gasteiger partial charge on any atom is -0.481 e. The Balaban J connectivity index is 2.82. The molecule has 0 atom stereocenters. The van der Waals surface area contributed by atoms with Gasteiger partial charge in [-0.05, 0) is 6.07 Å². The topological polar surface area (TPSA) is 120 Å². The Kier molecular flexibility index (Phi) is 4.57. The highest BCUT2D eigenvalue weighted by atomic mass is 16.6. The molecule has 8 nitrogen and oxygen atoms in total. The molecule has 0 bridgehead atoms. The van der Waals surface area contributed by atoms with Gasteiger partial charge in [-0.25, -0.2) is 4.98 Å². The lowest BCUT2D eigenvalue weighted by molar-refractivity contribution is -0.385. The van der Waals surface area contributed by atoms with Gasteiger partial charge in [-0.15, -0.1) is 0 Å². The van der Waals surface area contributed by atoms with Gasteiger partial charge < -0.3 is 10.0 Å². The third-order valence-electron chi connectivity index (χ3n) is 2.12. The van der Waals surface area contributed by atoms with Gasteiger partial charge in [-0.3, -0.25) is 14.9 Å². The van der Waals surface area contributed by atoms with Crippen LogP contribution in [0.15, 0.2) is 18.3 Å². The molecular formula is C10H10N4O4. The summed E-state index contributed by atoms with van der Waals surface area (Å²) in [6, 6.07) is 4.53. The van der Waals surface area contributed by atoms with Gasteiger partial charge in [0.1, 0.15) is 18.6 Å². The highest BCUT2D eigenvalue weighted by Crippen LogP contribution is 2.15. The molecule has 8 heteroatoms. The van der Waals surface area contributed by atoms with Crippen LogP contribution in [0, 0.1) is 21.4 Å². The van der Waals surface area contributed by atoms with Gasteiger partial charge in [0.05, 0.1) is 17.4 Å². The van der Waals surface area contributed by atoms with Crippen LogP contribution in [-0.4, -0.2) is 34.1 Å². The maximum absolute atomic E-state index is 10.5. The summed E-state index contributed by atoms with van der Waals surface area (Å²) in [5, 5.41) is 27.7. The summed E-state index contributed by atoms with van der Waals surface area (Å²) < 4.78 is 0. The van der Waals surface area contributed by atoms with Crippen molar-refractivity contribution in [2.75, 3.05) is 18.0 Å². The van der Waals surface area contributed by atoms with E-state index in [0.717, 1.165) is 6.20 Å². The predicted molar refractivity (Wildman–Crippen MR) is 61.0 cm³/mol. The average molecular weight is 250 g/mol. The Hall–Kier alpha value is -2.69. The second-order valence-electron chi connectivity index (χ2n) is 3.36. The number of nitro groups is 1. The first kappa shape index (κ1) is 13.4. The maximum Gasteiger partial charge on any atom is 0.305 e. The molecule has 0 spiro atoms. The SMILES string of the molecule is N#CCN(CCC(=O)O)c1ccc([N+](=O)[O-])cn1. The average Bonchev–Trinajstić information content (AvgIpc) is 2.34. The molecule has 1 N–H and O–H groups in total. The fraction of sp³-hybridized carbons (Fsp3) is 0.300. The number of hydrogen-bond donors (Lipinski definition) is 1. The van der Waals surface area contributed by atoms with Gasteiger partial charge in [0.2, 0.25) is 0 Å². The monoisotopic (exact) mass is 250 g/mol. The van der Waals surface area contributed by atoms with Crippen molar-refractivity contribution in [2.45, 2.75) is 6.42 Å². The summed E-state index contributed by atoms with van der Waals surface area (Å²) in [5.41, 5.74) is -0.158. The van der Waals surface area contributed by atoms with E-state index in [1.54, 1.807) is 0 Å². The molecular weight excluding hydrogens is 240 g/mol. The van der Waals surface area contributed by atoms with E-state index in [1.165, 1.54) is 17.0 Å². The maximum atomic E-state index is 10.5. The van der Waals surface area contributed by atoms with E-state index in [9.17, 15) is 14.9 Å². The zero-order valence-electron chi connectivity index (χ0n) is 9.31. The molecule has 0 aliphatic rings. The zero-order valence-corrected chi connectivity index (χ0v) is 9.31. The molecule has 1 heterocycles. The second-order valence-corrected chi connectivity index (χ2v) is 3.36. The molecule has 1 rings (SSSR count). The van der Waals surface area contributed by atoms with Gasteiger partial charge in [-0.2, -0.15) is 5.26 Å². The van der Waals surface area contributed by atoms with Crippen molar-refractivity contribution in [1.82, 2.24) is 4.98 Å². The summed E-state index contributed by atoms with van der Waals surface area (Å²) in [4.78, 5) is 25.6. The second kappa shape index (κ2) is 6.15. The lowest BCUT2D eigenvalue weighted by Gasteiger charge is -2.18. The number of nitrogens with zero attached hydrogens (tertiary/aromatic N) is 4. The number of carboxylic acids is 1. The standard InChI is InChI=1S/C10H10N4O4/c11-4-6-13(5-3-10(15)16)9-2-1-8(7-12-9)14(17)18/h1-2,7H,3,5-6H2,(H,15,16). The van der Waals surface area contributed by atoms with Crippen molar-refractivity contribution >= 4 is 17.5 Å². The van der Waals surface area contributed by atoms with E-state index in [4.69, 9.17) is 10.4 Å². The molecule has 0 aliphatic heterocycles. The fourth-order valence-electron chi connectivity index (χ4n) is 1.26. The van der Waals surface area contributed by atoms with Crippen LogP contribution in [0.2, 0.25) is 0 Å². The molecule has 18 heavy (non-hydrogen) atoms. The molecule has 0 saturated carbocycles. The Morgan fingerprint density at radius 1 is 1.61 bits per heavy atom. The first-order chi connectivity index (χ1) is 8.54. The normalized spacial score (nSPS) is 9.50. The van der Waals surface area contributed by atoms with Crippen molar-refractivity contribution in [2.24, 2.45) is 0 Å². The molecule has 0 aromatic carbocycles. The van der Waals surface area contributed by atoms with Gasteiger partial charge in [0.25, 0.3) is 5.69 Å². The number of carboxylic acid groups (broad SMARTS) is 1. The van der Waals surface area contributed by atoms with E-state index in [-0.39, 0.29) is 25.2 Å². The molecule has 0 saturated heterocycles. The summed E-state index contributed by atoms with van der Waals surface area (Å²) in [6.07, 6.45) is 0.931. The van der Waals surface area contributed by atoms with Crippen LogP contribution in [0.25, 0.3) is 0 Å². The number of nitriles is 1. The lowest BCUT2D eigenvalue weighted by atomic mass is 10.3. The van der Waals surface area contributed by atoms with E-state index in [2.05, 4.69) is 4.98 Å². The van der Waals surface area contributed by atoms with Crippen molar-refractivity contribution < 1.29 is 14.8 Å². The molecule has 94 valence electrons. The Labute approximate surface area is 102 Å². The summed E-state index contributed by atoms with van der Waals surface area (Å²) >= 11 is 0. The molecule has 0 fully saturated rings. The van der Waals surface area contributed by atoms with Crippen molar-refractivity contribution in [3.05, 3.63) is 28.4 Å². The van der Waals surface area contributed by atoms with Crippen LogP contribution in [0.4, 0.5) is 11.5 Å². The highest BCUT2D eigenvalue weighted by Gasteiger charge is 2.12. The Morgan fingerprint density at radius 3 is 2.78 bits per heavy atom. The number of carbonyl (C=O) groups is 1. The van der Waals surface area contributed by atoms with E-state index in [0.29, 0.717) is 5.82 Å². The number of anilines is 1. The molecule has 1 aromatic rings. The number of pyridine rings is 1. The lowest BCUT2D eigenvalue weighted by Crippen LogP contribution is -2.27. The largest absolute Gasteiger partial charge is 0.481 e. The number of rotatable bonds is 6. The summed E-state index contributed by atoms with van der Waals surface area (Å²) in [7, 11) is 0. The van der Waals surface area contributed by atoms with Gasteiger partial charge in [0, 0.05) is 12.6 Å². The smallest absolute Gasteiger partial charge is 0.305 e. The van der Waals surface area contributed by atoms with Crippen LogP contribution in [0.5, 0.6) is 0 Å². The van der Waals surface area contributed by atoms with E-state index >= 15 is 0 Å². The van der Waals surface area contributed by atoms with Gasteiger partial charge in [-0.1, -0.05) is 0 Å². The molecule has 0 radical (unpaired) electrons. The first-order valence-corrected chi connectivity index (χ1v) is 4.98. The van der Waals surface area contributed by atoms with Gasteiger partial charge in [0.15, 0.2) is 0 Å². The van der Waals surface area contributed by atoms with Crippen molar-refractivity contribution in [3.63, 3.8) is 0 Å². The summed E-state index contributed by atoms with van der Waals surface area (Å²) in [6.45, 7) is 0.0891. The molecule has 0 amide bonds. The van der Waals surface area contributed by atoms with Crippen molar-refractivity contribution in [3.8, 4) is 6.07 Å². The zero-order chi connectivity index (χ0) is 13.5. The quantitative estimate of drug-likeness (QED) is 0.450. The first-order valence-electron chi connectivity index (χ1n) is 4.98.